The van der Waals surface area contributed by atoms with Gasteiger partial charge in [0.2, 0.25) is 0 Å². The van der Waals surface area contributed by atoms with Crippen LogP contribution in [-0.2, 0) is 0 Å². The van der Waals surface area contributed by atoms with E-state index in [2.05, 4.69) is 32.1 Å². The summed E-state index contributed by atoms with van der Waals surface area (Å²) in [5, 5.41) is 3.98. The smallest absolute Gasteiger partial charge is 0.274 e. The number of nitrogens with one attached hydrogen (secondary N) is 1. The van der Waals surface area contributed by atoms with Crippen LogP contribution >= 0.6 is 23.4 Å². The van der Waals surface area contributed by atoms with Crippen LogP contribution in [0.2, 0.25) is 5.02 Å². The van der Waals surface area contributed by atoms with Crippen molar-refractivity contribution in [2.75, 3.05) is 23.3 Å². The number of nitrogens with two attached hydrogens (primary N) is 1. The summed E-state index contributed by atoms with van der Waals surface area (Å²) in [7, 11) is 0. The summed E-state index contributed by atoms with van der Waals surface area (Å²) < 4.78 is 0. The van der Waals surface area contributed by atoms with Crippen molar-refractivity contribution in [2.24, 2.45) is 5.73 Å². The van der Waals surface area contributed by atoms with Gasteiger partial charge in [0.1, 0.15) is 16.5 Å². The molecule has 160 valence electrons. The highest BCUT2D eigenvalue weighted by Gasteiger charge is 2.26. The maximum absolute atomic E-state index is 12.4. The van der Waals surface area contributed by atoms with E-state index in [-0.39, 0.29) is 11.4 Å². The topological polar surface area (TPSA) is 97.0 Å². The number of rotatable bonds is 5. The normalized spacial score (nSPS) is 15.5. The van der Waals surface area contributed by atoms with Crippen LogP contribution in [0.25, 0.3) is 0 Å². The number of piperidine rings is 1. The Labute approximate surface area is 190 Å². The van der Waals surface area contributed by atoms with Crippen molar-refractivity contribution in [3.63, 3.8) is 0 Å². The molecular formula is C22H23ClN6OS. The van der Waals surface area contributed by atoms with Crippen LogP contribution < -0.4 is 16.0 Å². The van der Waals surface area contributed by atoms with E-state index in [4.69, 9.17) is 17.3 Å². The molecule has 0 aliphatic carbocycles. The third-order valence-corrected chi connectivity index (χ3v) is 6.67. The maximum atomic E-state index is 12.4. The molecule has 31 heavy (non-hydrogen) atoms. The Balaban J connectivity index is 1.44. The number of anilines is 2. The van der Waals surface area contributed by atoms with Gasteiger partial charge in [-0.3, -0.25) is 9.78 Å². The molecule has 0 saturated carbocycles. The summed E-state index contributed by atoms with van der Waals surface area (Å²) in [6.45, 7) is 3.84. The number of benzene rings is 1. The number of hydrogen-bond acceptors (Lipinski definition) is 7. The van der Waals surface area contributed by atoms with Gasteiger partial charge >= 0.3 is 0 Å². The molecule has 0 spiro atoms. The number of hydrogen-bond donors (Lipinski definition) is 2. The molecule has 1 aromatic carbocycles. The zero-order valence-corrected chi connectivity index (χ0v) is 18.7. The van der Waals surface area contributed by atoms with Crippen molar-refractivity contribution in [3.8, 4) is 0 Å². The molecule has 0 atom stereocenters. The molecule has 3 heterocycles. The SMILES string of the molecule is CC1(N)CCN(c2cnc(Sc3cccc(NC(=O)c4ccccn4)c3Cl)cn2)CC1. The standard InChI is InChI=1S/C22H23ClN6OS/c1-22(24)8-11-29(12-9-22)18-13-27-19(14-26-18)31-17-7-4-6-15(20(17)23)28-21(30)16-5-2-3-10-25-16/h2-7,10,13-14H,8-9,11-12,24H2,1H3,(H,28,30). The number of nitrogens with zero attached hydrogens (tertiary/aromatic N) is 4. The summed E-state index contributed by atoms with van der Waals surface area (Å²) in [5.41, 5.74) is 6.95. The average molecular weight is 455 g/mol. The summed E-state index contributed by atoms with van der Waals surface area (Å²) >= 11 is 7.94. The number of pyridine rings is 1. The van der Waals surface area contributed by atoms with Crippen LogP contribution in [0.4, 0.5) is 11.5 Å². The molecule has 3 aromatic rings. The van der Waals surface area contributed by atoms with Gasteiger partial charge in [0.25, 0.3) is 5.91 Å². The zero-order valence-electron chi connectivity index (χ0n) is 17.1. The zero-order chi connectivity index (χ0) is 21.8. The van der Waals surface area contributed by atoms with E-state index in [0.717, 1.165) is 41.7 Å². The van der Waals surface area contributed by atoms with Gasteiger partial charge in [-0.1, -0.05) is 35.5 Å². The fraction of sp³-hybridized carbons (Fsp3) is 0.273. The fourth-order valence-electron chi connectivity index (χ4n) is 3.25. The van der Waals surface area contributed by atoms with Crippen molar-refractivity contribution in [3.05, 3.63) is 65.7 Å². The van der Waals surface area contributed by atoms with E-state index in [0.29, 0.717) is 16.4 Å². The van der Waals surface area contributed by atoms with E-state index in [1.54, 1.807) is 42.9 Å². The Hall–Kier alpha value is -2.68. The second-order valence-electron chi connectivity index (χ2n) is 7.74. The minimum Gasteiger partial charge on any atom is -0.355 e. The quantitative estimate of drug-likeness (QED) is 0.594. The van der Waals surface area contributed by atoms with E-state index in [9.17, 15) is 4.79 Å². The van der Waals surface area contributed by atoms with Crippen molar-refractivity contribution in [1.29, 1.82) is 0 Å². The maximum Gasteiger partial charge on any atom is 0.274 e. The number of carbonyl (C=O) groups excluding carboxylic acids is 1. The van der Waals surface area contributed by atoms with Gasteiger partial charge in [0, 0.05) is 29.7 Å². The molecule has 1 amide bonds. The molecule has 1 saturated heterocycles. The molecule has 3 N–H and O–H groups in total. The molecule has 1 fully saturated rings. The molecule has 0 unspecified atom stereocenters. The van der Waals surface area contributed by atoms with Crippen molar-refractivity contribution < 1.29 is 4.79 Å². The van der Waals surface area contributed by atoms with E-state index >= 15 is 0 Å². The second-order valence-corrected chi connectivity index (χ2v) is 9.18. The summed E-state index contributed by atoms with van der Waals surface area (Å²) in [5.74, 6) is 0.534. The van der Waals surface area contributed by atoms with E-state index in [1.165, 1.54) is 11.8 Å². The second kappa shape index (κ2) is 9.21. The Morgan fingerprint density at radius 1 is 1.13 bits per heavy atom. The van der Waals surface area contributed by atoms with Gasteiger partial charge in [-0.25, -0.2) is 9.97 Å². The number of amides is 1. The lowest BCUT2D eigenvalue weighted by molar-refractivity contribution is 0.102. The van der Waals surface area contributed by atoms with E-state index in [1.807, 2.05) is 12.1 Å². The highest BCUT2D eigenvalue weighted by Crippen LogP contribution is 2.37. The minimum atomic E-state index is -0.316. The molecule has 0 radical (unpaired) electrons. The van der Waals surface area contributed by atoms with Gasteiger partial charge in [0.15, 0.2) is 0 Å². The monoisotopic (exact) mass is 454 g/mol. The number of aromatic nitrogens is 3. The first-order valence-corrected chi connectivity index (χ1v) is 11.2. The summed E-state index contributed by atoms with van der Waals surface area (Å²) in [4.78, 5) is 28.5. The number of halogens is 1. The molecule has 0 bridgehead atoms. The van der Waals surface area contributed by atoms with Gasteiger partial charge < -0.3 is 16.0 Å². The lowest BCUT2D eigenvalue weighted by atomic mass is 9.91. The largest absolute Gasteiger partial charge is 0.355 e. The predicted molar refractivity (Wildman–Crippen MR) is 124 cm³/mol. The molecule has 1 aliphatic rings. The first-order chi connectivity index (χ1) is 14.9. The average Bonchev–Trinajstić information content (AvgIpc) is 2.78. The minimum absolute atomic E-state index is 0.104. The summed E-state index contributed by atoms with van der Waals surface area (Å²) in [6.07, 6.45) is 6.95. The lowest BCUT2D eigenvalue weighted by Gasteiger charge is -2.37. The van der Waals surface area contributed by atoms with Gasteiger partial charge in [-0.2, -0.15) is 0 Å². The lowest BCUT2D eigenvalue weighted by Crippen LogP contribution is -2.48. The van der Waals surface area contributed by atoms with Crippen LogP contribution in [0.15, 0.2) is 64.9 Å². The van der Waals surface area contributed by atoms with Gasteiger partial charge in [0.05, 0.1) is 23.1 Å². The van der Waals surface area contributed by atoms with Crippen molar-refractivity contribution >= 4 is 40.8 Å². The summed E-state index contributed by atoms with van der Waals surface area (Å²) in [6, 6.07) is 10.6. The molecule has 2 aromatic heterocycles. The fourth-order valence-corrected chi connectivity index (χ4v) is 4.33. The predicted octanol–water partition coefficient (Wildman–Crippen LogP) is 4.25. The van der Waals surface area contributed by atoms with Crippen LogP contribution in [0, 0.1) is 0 Å². The first-order valence-electron chi connectivity index (χ1n) is 9.96. The molecule has 4 rings (SSSR count). The van der Waals surface area contributed by atoms with Crippen LogP contribution in [-0.4, -0.2) is 39.5 Å². The molecule has 1 aliphatic heterocycles. The third kappa shape index (κ3) is 5.33. The molecule has 9 heteroatoms. The van der Waals surface area contributed by atoms with E-state index < -0.39 is 0 Å². The Bertz CT molecular complexity index is 1050. The third-order valence-electron chi connectivity index (χ3n) is 5.17. The van der Waals surface area contributed by atoms with Crippen LogP contribution in [0.5, 0.6) is 0 Å². The first kappa shape index (κ1) is 21.5. The van der Waals surface area contributed by atoms with Crippen molar-refractivity contribution in [1.82, 2.24) is 15.0 Å². The van der Waals surface area contributed by atoms with Crippen molar-refractivity contribution in [2.45, 2.75) is 35.2 Å². The Morgan fingerprint density at radius 2 is 1.94 bits per heavy atom. The highest BCUT2D eigenvalue weighted by molar-refractivity contribution is 7.99. The molecule has 7 nitrogen and oxygen atoms in total. The highest BCUT2D eigenvalue weighted by atomic mass is 35.5. The molecular weight excluding hydrogens is 432 g/mol. The Morgan fingerprint density at radius 3 is 2.61 bits per heavy atom. The Kier molecular flexibility index (Phi) is 6.41. The number of carbonyl (C=O) groups is 1. The van der Waals surface area contributed by atoms with Crippen LogP contribution in [0.3, 0.4) is 0 Å². The van der Waals surface area contributed by atoms with Gasteiger partial charge in [-0.15, -0.1) is 0 Å². The van der Waals surface area contributed by atoms with Crippen LogP contribution in [0.1, 0.15) is 30.3 Å². The van der Waals surface area contributed by atoms with Gasteiger partial charge in [-0.05, 0) is 44.0 Å².